The second-order valence-corrected chi connectivity index (χ2v) is 8.09. The molecule has 2 unspecified atom stereocenters. The van der Waals surface area contributed by atoms with Gasteiger partial charge in [-0.25, -0.2) is 4.39 Å². The van der Waals surface area contributed by atoms with Crippen molar-refractivity contribution in [1.29, 1.82) is 0 Å². The van der Waals surface area contributed by atoms with Gasteiger partial charge in [-0.1, -0.05) is 12.1 Å². The van der Waals surface area contributed by atoms with Crippen LogP contribution in [0.15, 0.2) is 42.5 Å². The summed E-state index contributed by atoms with van der Waals surface area (Å²) in [4.78, 5) is 16.8. The Morgan fingerprint density at radius 3 is 2.61 bits per heavy atom. The first-order valence-corrected chi connectivity index (χ1v) is 10.9. The number of aliphatic hydroxyl groups excluding tert-OH is 1. The topological polar surface area (TPSA) is 83.5 Å². The van der Waals surface area contributed by atoms with Crippen LogP contribution in [0.5, 0.6) is 17.2 Å². The highest BCUT2D eigenvalue weighted by atomic mass is 19.1. The summed E-state index contributed by atoms with van der Waals surface area (Å²) in [6.45, 7) is 4.86. The van der Waals surface area contributed by atoms with Crippen LogP contribution in [0.2, 0.25) is 0 Å². The highest BCUT2D eigenvalue weighted by molar-refractivity contribution is 5.92. The molecule has 180 valence electrons. The van der Waals surface area contributed by atoms with Crippen molar-refractivity contribution >= 4 is 11.6 Å². The number of halogens is 1. The van der Waals surface area contributed by atoms with Crippen molar-refractivity contribution in [2.45, 2.75) is 19.1 Å². The van der Waals surface area contributed by atoms with Gasteiger partial charge in [0.25, 0.3) is 0 Å². The lowest BCUT2D eigenvalue weighted by molar-refractivity contribution is -0.118. The van der Waals surface area contributed by atoms with E-state index in [4.69, 9.17) is 14.2 Å². The third-order valence-electron chi connectivity index (χ3n) is 5.60. The maximum absolute atomic E-state index is 13.7. The highest BCUT2D eigenvalue weighted by Gasteiger charge is 2.26. The number of para-hydroxylation sites is 1. The molecule has 3 rings (SSSR count). The third-order valence-corrected chi connectivity index (χ3v) is 5.60. The number of amides is 1. The number of ether oxygens (including phenoxy) is 3. The van der Waals surface area contributed by atoms with Crippen LogP contribution in [0.3, 0.4) is 0 Å². The van der Waals surface area contributed by atoms with E-state index in [1.54, 1.807) is 44.6 Å². The van der Waals surface area contributed by atoms with Crippen LogP contribution in [-0.4, -0.2) is 86.5 Å². The van der Waals surface area contributed by atoms with E-state index in [0.717, 1.165) is 0 Å². The van der Waals surface area contributed by atoms with Gasteiger partial charge >= 0.3 is 0 Å². The van der Waals surface area contributed by atoms with Gasteiger partial charge in [0.15, 0.2) is 23.1 Å². The van der Waals surface area contributed by atoms with Gasteiger partial charge in [0.05, 0.1) is 20.8 Å². The number of rotatable bonds is 10. The Labute approximate surface area is 193 Å². The maximum Gasteiger partial charge on any atom is 0.238 e. The standard InChI is InChI=1S/C24H32FN3O5/c1-17-13-27(15-24(30)26-18-8-9-22(31-2)23(12-18)32-3)10-11-28(17)14-19(29)16-33-21-7-5-4-6-20(21)25/h4-9,12,17,19,29H,10-11,13-16H2,1-3H3,(H,26,30). The monoisotopic (exact) mass is 461 g/mol. The largest absolute Gasteiger partial charge is 0.493 e. The predicted octanol–water partition coefficient (Wildman–Crippen LogP) is 2.23. The number of methoxy groups -OCH3 is 2. The zero-order valence-corrected chi connectivity index (χ0v) is 19.3. The van der Waals surface area contributed by atoms with Crippen LogP contribution < -0.4 is 19.5 Å². The molecule has 8 nitrogen and oxygen atoms in total. The molecule has 0 radical (unpaired) electrons. The molecule has 1 fully saturated rings. The minimum absolute atomic E-state index is 0.0155. The van der Waals surface area contributed by atoms with Crippen molar-refractivity contribution in [3.8, 4) is 17.2 Å². The number of hydrogen-bond donors (Lipinski definition) is 2. The van der Waals surface area contributed by atoms with Crippen molar-refractivity contribution in [1.82, 2.24) is 9.80 Å². The summed E-state index contributed by atoms with van der Waals surface area (Å²) in [6.07, 6.45) is -0.744. The average molecular weight is 462 g/mol. The molecule has 33 heavy (non-hydrogen) atoms. The number of hydrogen-bond acceptors (Lipinski definition) is 7. The fourth-order valence-electron chi connectivity index (χ4n) is 3.87. The molecule has 0 bridgehead atoms. The molecule has 0 saturated carbocycles. The number of carbonyl (C=O) groups excluding carboxylic acids is 1. The normalized spacial score (nSPS) is 17.9. The van der Waals surface area contributed by atoms with E-state index in [-0.39, 0.29) is 30.9 Å². The third kappa shape index (κ3) is 7.05. The van der Waals surface area contributed by atoms with Gasteiger partial charge in [-0.3, -0.25) is 14.6 Å². The Kier molecular flexibility index (Phi) is 8.87. The van der Waals surface area contributed by atoms with E-state index in [2.05, 4.69) is 22.0 Å². The van der Waals surface area contributed by atoms with Crippen LogP contribution >= 0.6 is 0 Å². The molecule has 9 heteroatoms. The lowest BCUT2D eigenvalue weighted by Gasteiger charge is -2.40. The summed E-state index contributed by atoms with van der Waals surface area (Å²) in [5.41, 5.74) is 0.641. The fourth-order valence-corrected chi connectivity index (χ4v) is 3.87. The molecule has 1 saturated heterocycles. The molecular weight excluding hydrogens is 429 g/mol. The second kappa shape index (κ2) is 11.8. The van der Waals surface area contributed by atoms with E-state index < -0.39 is 11.9 Å². The minimum Gasteiger partial charge on any atom is -0.493 e. The van der Waals surface area contributed by atoms with Crippen LogP contribution in [-0.2, 0) is 4.79 Å². The summed E-state index contributed by atoms with van der Waals surface area (Å²) in [5.74, 6) is 0.728. The zero-order chi connectivity index (χ0) is 23.8. The molecule has 2 N–H and O–H groups in total. The zero-order valence-electron chi connectivity index (χ0n) is 19.3. The van der Waals surface area contributed by atoms with E-state index in [1.807, 2.05) is 0 Å². The fraction of sp³-hybridized carbons (Fsp3) is 0.458. The summed E-state index contributed by atoms with van der Waals surface area (Å²) in [5, 5.41) is 13.2. The Morgan fingerprint density at radius 2 is 1.91 bits per heavy atom. The maximum atomic E-state index is 13.7. The van der Waals surface area contributed by atoms with Crippen molar-refractivity contribution < 1.29 is 28.5 Å². The van der Waals surface area contributed by atoms with Crippen LogP contribution in [0.1, 0.15) is 6.92 Å². The molecule has 2 atom stereocenters. The van der Waals surface area contributed by atoms with E-state index >= 15 is 0 Å². The van der Waals surface area contributed by atoms with Crippen molar-refractivity contribution in [3.05, 3.63) is 48.3 Å². The number of β-amino-alcohol motifs (C(OH)–C–C–N with tert-alkyl or cyclic N) is 1. The van der Waals surface area contributed by atoms with Crippen molar-refractivity contribution in [2.75, 3.05) is 58.9 Å². The van der Waals surface area contributed by atoms with Gasteiger partial charge in [-0.2, -0.15) is 0 Å². The van der Waals surface area contributed by atoms with Gasteiger partial charge in [-0.05, 0) is 31.2 Å². The first kappa shape index (κ1) is 24.8. The number of carbonyl (C=O) groups is 1. The molecule has 1 amide bonds. The molecule has 1 aliphatic heterocycles. The van der Waals surface area contributed by atoms with Crippen molar-refractivity contribution in [3.63, 3.8) is 0 Å². The van der Waals surface area contributed by atoms with Gasteiger partial charge < -0.3 is 24.6 Å². The van der Waals surface area contributed by atoms with E-state index in [0.29, 0.717) is 43.4 Å². The first-order valence-electron chi connectivity index (χ1n) is 10.9. The molecule has 0 spiro atoms. The smallest absolute Gasteiger partial charge is 0.238 e. The number of nitrogens with zero attached hydrogens (tertiary/aromatic N) is 2. The summed E-state index contributed by atoms with van der Waals surface area (Å²) < 4.78 is 29.5. The van der Waals surface area contributed by atoms with Gasteiger partial charge in [0.1, 0.15) is 12.7 Å². The molecule has 1 aliphatic rings. The van der Waals surface area contributed by atoms with Gasteiger partial charge in [0, 0.05) is 44.0 Å². The summed E-state index contributed by atoms with van der Waals surface area (Å²) >= 11 is 0. The number of benzene rings is 2. The summed E-state index contributed by atoms with van der Waals surface area (Å²) in [7, 11) is 3.11. The number of aliphatic hydroxyl groups is 1. The quantitative estimate of drug-likeness (QED) is 0.561. The van der Waals surface area contributed by atoms with Gasteiger partial charge in [0.2, 0.25) is 5.91 Å². The molecule has 0 aromatic heterocycles. The average Bonchev–Trinajstić information content (AvgIpc) is 2.80. The Hall–Kier alpha value is -2.88. The lowest BCUT2D eigenvalue weighted by Crippen LogP contribution is -2.55. The van der Waals surface area contributed by atoms with Crippen LogP contribution in [0.25, 0.3) is 0 Å². The van der Waals surface area contributed by atoms with Crippen LogP contribution in [0, 0.1) is 5.82 Å². The van der Waals surface area contributed by atoms with E-state index in [9.17, 15) is 14.3 Å². The highest BCUT2D eigenvalue weighted by Crippen LogP contribution is 2.29. The predicted molar refractivity (Wildman–Crippen MR) is 124 cm³/mol. The Balaban J connectivity index is 1.43. The summed E-state index contributed by atoms with van der Waals surface area (Å²) in [6, 6.07) is 11.5. The Bertz CT molecular complexity index is 929. The molecular formula is C24H32FN3O5. The number of nitrogens with one attached hydrogen (secondary N) is 1. The van der Waals surface area contributed by atoms with Gasteiger partial charge in [-0.15, -0.1) is 0 Å². The molecule has 2 aromatic rings. The lowest BCUT2D eigenvalue weighted by atomic mass is 10.1. The second-order valence-electron chi connectivity index (χ2n) is 8.09. The van der Waals surface area contributed by atoms with Crippen LogP contribution in [0.4, 0.5) is 10.1 Å². The van der Waals surface area contributed by atoms with E-state index in [1.165, 1.54) is 12.1 Å². The number of anilines is 1. The SMILES string of the molecule is COc1ccc(NC(=O)CN2CCN(CC(O)COc3ccccc3F)C(C)C2)cc1OC. The molecule has 1 heterocycles. The molecule has 0 aliphatic carbocycles. The Morgan fingerprint density at radius 1 is 1.15 bits per heavy atom. The minimum atomic E-state index is -0.744. The first-order chi connectivity index (χ1) is 15.9. The van der Waals surface area contributed by atoms with Crippen molar-refractivity contribution in [2.24, 2.45) is 0 Å². The molecule has 2 aromatic carbocycles. The number of piperazine rings is 1.